The van der Waals surface area contributed by atoms with Crippen molar-refractivity contribution in [2.24, 2.45) is 29.1 Å². The van der Waals surface area contributed by atoms with Crippen molar-refractivity contribution in [2.75, 3.05) is 0 Å². The lowest BCUT2D eigenvalue weighted by atomic mass is 9.55. The Morgan fingerprint density at radius 2 is 1.96 bits per heavy atom. The topological polar surface area (TPSA) is 34.1 Å². The largest absolute Gasteiger partial charge is 0.457 e. The van der Waals surface area contributed by atoms with E-state index in [-0.39, 0.29) is 29.3 Å². The summed E-state index contributed by atoms with van der Waals surface area (Å²) in [5.74, 6) is 4.05. The zero-order valence-corrected chi connectivity index (χ0v) is 16.3. The minimum atomic E-state index is -4.55. The molecule has 1 unspecified atom stereocenters. The van der Waals surface area contributed by atoms with E-state index >= 15 is 0 Å². The first-order valence-electron chi connectivity index (χ1n) is 10.2. The zero-order chi connectivity index (χ0) is 20.3. The van der Waals surface area contributed by atoms with Crippen LogP contribution in [0.15, 0.2) is 22.8 Å². The molecular formula is C23H25F3O2. The molecule has 0 saturated heterocycles. The lowest BCUT2D eigenvalue weighted by molar-refractivity contribution is -0.125. The molecule has 2 saturated carbocycles. The van der Waals surface area contributed by atoms with Gasteiger partial charge in [0, 0.05) is 18.3 Å². The molecule has 4 aliphatic carbocycles. The van der Waals surface area contributed by atoms with Crippen LogP contribution in [0.25, 0.3) is 0 Å². The Labute approximate surface area is 163 Å². The summed E-state index contributed by atoms with van der Waals surface area (Å²) in [7, 11) is 0. The summed E-state index contributed by atoms with van der Waals surface area (Å²) in [6.07, 6.45) is 2.35. The molecule has 2 nitrogen and oxygen atoms in total. The number of ketones is 2. The first-order valence-corrected chi connectivity index (χ1v) is 10.2. The molecule has 0 aliphatic heterocycles. The molecule has 0 bridgehead atoms. The molecular weight excluding hydrogens is 365 g/mol. The van der Waals surface area contributed by atoms with Gasteiger partial charge >= 0.3 is 6.18 Å². The molecule has 0 aromatic rings. The summed E-state index contributed by atoms with van der Waals surface area (Å²) in [6, 6.07) is 0. The van der Waals surface area contributed by atoms with Gasteiger partial charge in [-0.05, 0) is 79.9 Å². The maximum Gasteiger partial charge on any atom is 0.457 e. The number of carbonyl (C=O) groups is 2. The number of Topliss-reactive ketones (excluding diaryl/α,β-unsaturated/α-hetero) is 1. The average Bonchev–Trinajstić information content (AvgIpc) is 2.96. The maximum atomic E-state index is 12.7. The first kappa shape index (κ1) is 19.5. The van der Waals surface area contributed by atoms with Crippen molar-refractivity contribution in [3.05, 3.63) is 22.8 Å². The van der Waals surface area contributed by atoms with Gasteiger partial charge in [0.2, 0.25) is 0 Å². The normalized spacial score (nSPS) is 37.3. The highest BCUT2D eigenvalue weighted by Gasteiger charge is 2.55. The number of alkyl halides is 3. The average molecular weight is 390 g/mol. The van der Waals surface area contributed by atoms with E-state index in [4.69, 9.17) is 0 Å². The molecule has 0 amide bonds. The van der Waals surface area contributed by atoms with Gasteiger partial charge in [-0.15, -0.1) is 0 Å². The molecule has 5 heteroatoms. The van der Waals surface area contributed by atoms with Crippen molar-refractivity contribution < 1.29 is 22.8 Å². The molecule has 0 N–H and O–H groups in total. The van der Waals surface area contributed by atoms with Crippen molar-refractivity contribution >= 4 is 11.6 Å². The lowest BCUT2D eigenvalue weighted by Crippen LogP contribution is -2.42. The molecule has 0 aromatic carbocycles. The second kappa shape index (κ2) is 6.61. The van der Waals surface area contributed by atoms with Crippen LogP contribution in [0.2, 0.25) is 0 Å². The fraction of sp³-hybridized carbons (Fsp3) is 0.652. The van der Waals surface area contributed by atoms with Gasteiger partial charge in [-0.25, -0.2) is 0 Å². The van der Waals surface area contributed by atoms with E-state index in [0.29, 0.717) is 11.8 Å². The fourth-order valence-electron chi connectivity index (χ4n) is 6.59. The number of hydrogen-bond donors (Lipinski definition) is 0. The standard InChI is InChI=1S/C23H25F3O2/c1-13(27)19-5-6-20-17-4-3-14-11-16(28)12-15(7-10-23(24,25)26)21(14)18(17)8-9-22(19,20)2/h11,15,17,19-20H,3-6,8-9,12H2,1-2H3/t15?,17-,19-,20+,22-/m1/s1. The molecule has 4 aliphatic rings. The van der Waals surface area contributed by atoms with Gasteiger partial charge < -0.3 is 0 Å². The van der Waals surface area contributed by atoms with E-state index < -0.39 is 12.1 Å². The smallest absolute Gasteiger partial charge is 0.300 e. The van der Waals surface area contributed by atoms with Crippen LogP contribution in [0.1, 0.15) is 58.8 Å². The second-order valence-corrected chi connectivity index (χ2v) is 9.10. The Morgan fingerprint density at radius 1 is 1.21 bits per heavy atom. The third-order valence-electron chi connectivity index (χ3n) is 7.66. The Bertz CT molecular complexity index is 851. The number of rotatable bonds is 1. The van der Waals surface area contributed by atoms with Crippen LogP contribution in [-0.2, 0) is 9.59 Å². The third-order valence-corrected chi connectivity index (χ3v) is 7.66. The van der Waals surface area contributed by atoms with Gasteiger partial charge in [0.15, 0.2) is 5.78 Å². The van der Waals surface area contributed by atoms with Crippen molar-refractivity contribution in [1.29, 1.82) is 0 Å². The molecule has 0 heterocycles. The predicted octanol–water partition coefficient (Wildman–Crippen LogP) is 5.19. The molecule has 5 atom stereocenters. The molecule has 2 fully saturated rings. The Hall–Kier alpha value is -1.83. The molecule has 0 radical (unpaired) electrons. The monoisotopic (exact) mass is 390 g/mol. The number of hydrogen-bond acceptors (Lipinski definition) is 2. The van der Waals surface area contributed by atoms with E-state index in [2.05, 4.69) is 12.8 Å². The van der Waals surface area contributed by atoms with Crippen LogP contribution in [0.5, 0.6) is 0 Å². The van der Waals surface area contributed by atoms with Crippen LogP contribution < -0.4 is 0 Å². The first-order chi connectivity index (χ1) is 13.1. The molecule has 0 spiro atoms. The summed E-state index contributed by atoms with van der Waals surface area (Å²) in [5, 5.41) is 0. The molecule has 28 heavy (non-hydrogen) atoms. The maximum absolute atomic E-state index is 12.7. The summed E-state index contributed by atoms with van der Waals surface area (Å²) in [6.45, 7) is 3.92. The van der Waals surface area contributed by atoms with E-state index in [9.17, 15) is 22.8 Å². The highest BCUT2D eigenvalue weighted by atomic mass is 19.4. The number of fused-ring (bicyclic) bond motifs is 4. The quantitative estimate of drug-likeness (QED) is 0.578. The SMILES string of the molecule is CC(=O)[C@H]1CC[C@H]2[C@@H]3CCC4=CC(=O)CC(C#CC(F)(F)F)C4=C3CC[C@]12C. The summed E-state index contributed by atoms with van der Waals surface area (Å²) >= 11 is 0. The van der Waals surface area contributed by atoms with Crippen molar-refractivity contribution in [1.82, 2.24) is 0 Å². The van der Waals surface area contributed by atoms with Crippen LogP contribution in [0.3, 0.4) is 0 Å². The van der Waals surface area contributed by atoms with Crippen LogP contribution in [0, 0.1) is 40.9 Å². The van der Waals surface area contributed by atoms with Gasteiger partial charge in [0.25, 0.3) is 0 Å². The third kappa shape index (κ3) is 3.15. The van der Waals surface area contributed by atoms with Gasteiger partial charge in [-0.1, -0.05) is 18.4 Å². The number of halogens is 3. The van der Waals surface area contributed by atoms with E-state index in [1.165, 1.54) is 11.5 Å². The van der Waals surface area contributed by atoms with Crippen molar-refractivity contribution in [3.8, 4) is 11.8 Å². The summed E-state index contributed by atoms with van der Waals surface area (Å²) in [5.41, 5.74) is 3.02. The lowest BCUT2D eigenvalue weighted by Gasteiger charge is -2.49. The Kier molecular flexibility index (Phi) is 4.60. The van der Waals surface area contributed by atoms with Gasteiger partial charge in [0.05, 0.1) is 5.92 Å². The van der Waals surface area contributed by atoms with Gasteiger partial charge in [-0.2, -0.15) is 13.2 Å². The summed E-state index contributed by atoms with van der Waals surface area (Å²) < 4.78 is 38.1. The molecule has 150 valence electrons. The van der Waals surface area contributed by atoms with E-state index in [1.54, 1.807) is 13.0 Å². The number of carbonyl (C=O) groups excluding carboxylic acids is 2. The van der Waals surface area contributed by atoms with Gasteiger partial charge in [-0.3, -0.25) is 9.59 Å². The highest BCUT2D eigenvalue weighted by molar-refractivity contribution is 5.94. The van der Waals surface area contributed by atoms with Crippen molar-refractivity contribution in [3.63, 3.8) is 0 Å². The minimum Gasteiger partial charge on any atom is -0.300 e. The Balaban J connectivity index is 1.75. The summed E-state index contributed by atoms with van der Waals surface area (Å²) in [4.78, 5) is 24.3. The van der Waals surface area contributed by atoms with E-state index in [0.717, 1.165) is 49.7 Å². The van der Waals surface area contributed by atoms with Crippen LogP contribution in [-0.4, -0.2) is 17.7 Å². The number of allylic oxidation sites excluding steroid dienone is 4. The molecule has 0 aromatic heterocycles. The molecule has 4 rings (SSSR count). The Morgan fingerprint density at radius 3 is 2.64 bits per heavy atom. The highest BCUT2D eigenvalue weighted by Crippen LogP contribution is 2.62. The van der Waals surface area contributed by atoms with Crippen LogP contribution >= 0.6 is 0 Å². The fourth-order valence-corrected chi connectivity index (χ4v) is 6.59. The zero-order valence-electron chi connectivity index (χ0n) is 16.3. The van der Waals surface area contributed by atoms with Crippen molar-refractivity contribution in [2.45, 2.75) is 65.0 Å². The van der Waals surface area contributed by atoms with E-state index in [1.807, 2.05) is 0 Å². The predicted molar refractivity (Wildman–Crippen MR) is 99.0 cm³/mol. The minimum absolute atomic E-state index is 0.0145. The van der Waals surface area contributed by atoms with Gasteiger partial charge in [0.1, 0.15) is 5.78 Å². The second-order valence-electron chi connectivity index (χ2n) is 9.10. The van der Waals surface area contributed by atoms with Crippen LogP contribution in [0.4, 0.5) is 13.2 Å².